The molecule has 0 spiro atoms. The van der Waals surface area contributed by atoms with Gasteiger partial charge in [0.25, 0.3) is 5.91 Å². The van der Waals surface area contributed by atoms with Crippen molar-refractivity contribution in [3.05, 3.63) is 70.9 Å². The first-order valence-corrected chi connectivity index (χ1v) is 9.28. The average Bonchev–Trinajstić information content (AvgIpc) is 2.63. The number of aryl methyl sites for hydroxylation is 1. The molecule has 6 heteroatoms. The van der Waals surface area contributed by atoms with E-state index in [4.69, 9.17) is 17.0 Å². The van der Waals surface area contributed by atoms with E-state index in [1.54, 1.807) is 0 Å². The zero-order valence-corrected chi connectivity index (χ0v) is 16.4. The Kier molecular flexibility index (Phi) is 5.76. The third kappa shape index (κ3) is 4.46. The lowest BCUT2D eigenvalue weighted by Crippen LogP contribution is -2.45. The van der Waals surface area contributed by atoms with E-state index in [1.807, 2.05) is 69.3 Å². The fourth-order valence-electron chi connectivity index (χ4n) is 3.00. The van der Waals surface area contributed by atoms with E-state index in [1.165, 1.54) is 0 Å². The number of anilines is 1. The minimum absolute atomic E-state index is 0.176. The topological polar surface area (TPSA) is 62.4 Å². The van der Waals surface area contributed by atoms with Gasteiger partial charge < -0.3 is 20.7 Å². The molecular weight excluding hydrogens is 358 g/mol. The Morgan fingerprint density at radius 1 is 1.11 bits per heavy atom. The lowest BCUT2D eigenvalue weighted by atomic mass is 9.94. The first-order chi connectivity index (χ1) is 13.0. The van der Waals surface area contributed by atoms with Crippen molar-refractivity contribution in [1.29, 1.82) is 0 Å². The minimum atomic E-state index is -0.304. The molecule has 1 aliphatic rings. The van der Waals surface area contributed by atoms with Gasteiger partial charge in [0.15, 0.2) is 5.11 Å². The van der Waals surface area contributed by atoms with Crippen molar-refractivity contribution in [1.82, 2.24) is 10.6 Å². The smallest absolute Gasteiger partial charge is 0.255 e. The van der Waals surface area contributed by atoms with E-state index in [0.717, 1.165) is 22.6 Å². The summed E-state index contributed by atoms with van der Waals surface area (Å²) >= 11 is 5.29. The summed E-state index contributed by atoms with van der Waals surface area (Å²) in [5.41, 5.74) is 4.21. The Balaban J connectivity index is 1.86. The number of carbonyl (C=O) groups is 1. The monoisotopic (exact) mass is 381 g/mol. The average molecular weight is 382 g/mol. The van der Waals surface area contributed by atoms with Crippen molar-refractivity contribution in [2.24, 2.45) is 0 Å². The van der Waals surface area contributed by atoms with Gasteiger partial charge in [0, 0.05) is 11.4 Å². The molecule has 3 rings (SSSR count). The molecule has 0 saturated heterocycles. The van der Waals surface area contributed by atoms with Crippen molar-refractivity contribution in [3.8, 4) is 5.75 Å². The van der Waals surface area contributed by atoms with Gasteiger partial charge in [-0.1, -0.05) is 29.8 Å². The van der Waals surface area contributed by atoms with Gasteiger partial charge in [-0.15, -0.1) is 0 Å². The van der Waals surface area contributed by atoms with Crippen LogP contribution >= 0.6 is 12.2 Å². The number of amides is 1. The maximum atomic E-state index is 13.0. The molecule has 0 aromatic heterocycles. The molecule has 1 amide bonds. The zero-order valence-electron chi connectivity index (χ0n) is 15.6. The highest BCUT2D eigenvalue weighted by Crippen LogP contribution is 2.28. The predicted octanol–water partition coefficient (Wildman–Crippen LogP) is 3.83. The van der Waals surface area contributed by atoms with Crippen LogP contribution in [0.1, 0.15) is 31.0 Å². The number of rotatable bonds is 5. The second kappa shape index (κ2) is 8.22. The summed E-state index contributed by atoms with van der Waals surface area (Å²) in [6.07, 6.45) is 0. The molecule has 2 aromatic rings. The first kappa shape index (κ1) is 18.9. The van der Waals surface area contributed by atoms with Crippen LogP contribution in [0, 0.1) is 6.92 Å². The number of benzene rings is 2. The Hall–Kier alpha value is -2.86. The van der Waals surface area contributed by atoms with Gasteiger partial charge in [0.1, 0.15) is 5.75 Å². The third-order valence-electron chi connectivity index (χ3n) is 4.35. The molecule has 0 aliphatic carbocycles. The van der Waals surface area contributed by atoms with E-state index >= 15 is 0 Å². The van der Waals surface area contributed by atoms with Gasteiger partial charge in [0.05, 0.1) is 18.2 Å². The van der Waals surface area contributed by atoms with Crippen molar-refractivity contribution < 1.29 is 9.53 Å². The molecular formula is C21H23N3O2S. The van der Waals surface area contributed by atoms with Crippen LogP contribution in [0.25, 0.3) is 0 Å². The summed E-state index contributed by atoms with van der Waals surface area (Å²) in [6, 6.07) is 15.1. The number of hydrogen-bond acceptors (Lipinski definition) is 3. The van der Waals surface area contributed by atoms with E-state index in [2.05, 4.69) is 16.0 Å². The maximum absolute atomic E-state index is 13.0. The normalized spacial score (nSPS) is 16.4. The fraction of sp³-hybridized carbons (Fsp3) is 0.238. The molecule has 0 fully saturated rings. The van der Waals surface area contributed by atoms with E-state index in [9.17, 15) is 4.79 Å². The second-order valence-electron chi connectivity index (χ2n) is 6.39. The molecule has 0 saturated carbocycles. The van der Waals surface area contributed by atoms with Crippen LogP contribution in [0.15, 0.2) is 59.8 Å². The van der Waals surface area contributed by atoms with Gasteiger partial charge in [-0.2, -0.15) is 0 Å². The number of ether oxygens (including phenoxy) is 1. The molecule has 0 bridgehead atoms. The third-order valence-corrected chi connectivity index (χ3v) is 4.57. The van der Waals surface area contributed by atoms with E-state index in [0.29, 0.717) is 23.0 Å². The summed E-state index contributed by atoms with van der Waals surface area (Å²) in [5.74, 6) is 0.597. The first-order valence-electron chi connectivity index (χ1n) is 8.87. The van der Waals surface area contributed by atoms with Crippen LogP contribution in [-0.2, 0) is 4.79 Å². The number of hydrogen-bond donors (Lipinski definition) is 3. The molecule has 1 heterocycles. The highest BCUT2D eigenvalue weighted by molar-refractivity contribution is 7.80. The Bertz CT molecular complexity index is 873. The lowest BCUT2D eigenvalue weighted by molar-refractivity contribution is -0.113. The summed E-state index contributed by atoms with van der Waals surface area (Å²) in [4.78, 5) is 13.0. The SMILES string of the molecule is CCOc1ccc(NC(=O)C2=C(C)NC(=S)N[C@H]2c2ccc(C)cc2)cc1. The van der Waals surface area contributed by atoms with Gasteiger partial charge in [-0.25, -0.2) is 0 Å². The molecule has 1 atom stereocenters. The number of nitrogens with one attached hydrogen (secondary N) is 3. The van der Waals surface area contributed by atoms with Crippen molar-refractivity contribution in [2.45, 2.75) is 26.8 Å². The molecule has 5 nitrogen and oxygen atoms in total. The zero-order chi connectivity index (χ0) is 19.4. The molecule has 0 unspecified atom stereocenters. The van der Waals surface area contributed by atoms with Crippen LogP contribution in [0.2, 0.25) is 0 Å². The molecule has 2 aromatic carbocycles. The van der Waals surface area contributed by atoms with Crippen LogP contribution < -0.4 is 20.7 Å². The summed E-state index contributed by atoms with van der Waals surface area (Å²) in [5, 5.41) is 9.73. The highest BCUT2D eigenvalue weighted by atomic mass is 32.1. The number of thiocarbonyl (C=S) groups is 1. The lowest BCUT2D eigenvalue weighted by Gasteiger charge is -2.30. The second-order valence-corrected chi connectivity index (χ2v) is 6.80. The standard InChI is InChI=1S/C21H23N3O2S/c1-4-26-17-11-9-16(10-12-17)23-20(25)18-14(3)22-21(27)24-19(18)15-7-5-13(2)6-8-15/h5-12,19H,4H2,1-3H3,(H,23,25)(H2,22,24,27)/t19-/m0/s1. The van der Waals surface area contributed by atoms with E-state index < -0.39 is 0 Å². The number of allylic oxidation sites excluding steroid dienone is 1. The van der Waals surface area contributed by atoms with Gasteiger partial charge >= 0.3 is 0 Å². The molecule has 140 valence electrons. The van der Waals surface area contributed by atoms with Gasteiger partial charge in [-0.05, 0) is 62.8 Å². The largest absolute Gasteiger partial charge is 0.494 e. The quantitative estimate of drug-likeness (QED) is 0.687. The summed E-state index contributed by atoms with van der Waals surface area (Å²) in [6.45, 7) is 6.43. The molecule has 1 aliphatic heterocycles. The van der Waals surface area contributed by atoms with Gasteiger partial charge in [-0.3, -0.25) is 4.79 Å². The van der Waals surface area contributed by atoms with Crippen LogP contribution in [0.5, 0.6) is 5.75 Å². The molecule has 0 radical (unpaired) electrons. The van der Waals surface area contributed by atoms with Crippen LogP contribution in [0.4, 0.5) is 5.69 Å². The van der Waals surface area contributed by atoms with Crippen molar-refractivity contribution in [2.75, 3.05) is 11.9 Å². The van der Waals surface area contributed by atoms with Crippen molar-refractivity contribution in [3.63, 3.8) is 0 Å². The summed E-state index contributed by atoms with van der Waals surface area (Å²) < 4.78 is 5.44. The minimum Gasteiger partial charge on any atom is -0.494 e. The molecule has 27 heavy (non-hydrogen) atoms. The Labute approximate surface area is 164 Å². The van der Waals surface area contributed by atoms with Gasteiger partial charge in [0.2, 0.25) is 0 Å². The fourth-order valence-corrected chi connectivity index (χ4v) is 3.27. The molecule has 3 N–H and O–H groups in total. The van der Waals surface area contributed by atoms with Crippen LogP contribution in [0.3, 0.4) is 0 Å². The Morgan fingerprint density at radius 2 is 1.78 bits per heavy atom. The van der Waals surface area contributed by atoms with Crippen LogP contribution in [-0.4, -0.2) is 17.6 Å². The highest BCUT2D eigenvalue weighted by Gasteiger charge is 2.29. The number of carbonyl (C=O) groups excluding carboxylic acids is 1. The maximum Gasteiger partial charge on any atom is 0.255 e. The van der Waals surface area contributed by atoms with Crippen molar-refractivity contribution >= 4 is 28.9 Å². The summed E-state index contributed by atoms with van der Waals surface area (Å²) in [7, 11) is 0. The van der Waals surface area contributed by atoms with E-state index in [-0.39, 0.29) is 11.9 Å². The Morgan fingerprint density at radius 3 is 2.41 bits per heavy atom. The predicted molar refractivity (Wildman–Crippen MR) is 112 cm³/mol.